The molecule has 0 amide bonds. The molecule has 0 bridgehead atoms. The van der Waals surface area contributed by atoms with Crippen LogP contribution in [0.5, 0.6) is 5.75 Å². The summed E-state index contributed by atoms with van der Waals surface area (Å²) in [7, 11) is -3.89. The second-order valence-corrected chi connectivity index (χ2v) is 11.0. The second-order valence-electron chi connectivity index (χ2n) is 8.34. The van der Waals surface area contributed by atoms with Crippen molar-refractivity contribution >= 4 is 44.1 Å². The van der Waals surface area contributed by atoms with Crippen LogP contribution in [-0.2, 0) is 16.6 Å². The Balaban J connectivity index is 1.50. The van der Waals surface area contributed by atoms with E-state index in [0.29, 0.717) is 28.3 Å². The van der Waals surface area contributed by atoms with Gasteiger partial charge in [-0.1, -0.05) is 35.3 Å². The highest BCUT2D eigenvalue weighted by atomic mass is 35.5. The molecule has 1 N–H and O–H groups in total. The van der Waals surface area contributed by atoms with Crippen LogP contribution in [0.25, 0.3) is 16.6 Å². The van der Waals surface area contributed by atoms with E-state index >= 15 is 0 Å². The largest absolute Gasteiger partial charge is 0.487 e. The standard InChI is InChI=1S/C24H22Cl2N4O4S/c1-15-11-20(29-10-8-27-14-29)17-3-2-4-21(24(17)28-15)34-13-18-19(25)5-6-22(23(18)26)35(32,33)30-9-7-16(31)12-30/h2-6,8,10-11,14,16,31H,7,9,12-13H2,1H3/t16-/m0/s1. The van der Waals surface area contributed by atoms with E-state index < -0.39 is 16.1 Å². The van der Waals surface area contributed by atoms with Gasteiger partial charge in [0.2, 0.25) is 10.0 Å². The first kappa shape index (κ1) is 24.0. The zero-order valence-electron chi connectivity index (χ0n) is 18.7. The summed E-state index contributed by atoms with van der Waals surface area (Å²) in [4.78, 5) is 8.73. The number of sulfonamides is 1. The molecule has 0 unspecified atom stereocenters. The number of imidazole rings is 1. The van der Waals surface area contributed by atoms with E-state index in [1.165, 1.54) is 16.4 Å². The molecule has 2 aromatic carbocycles. The van der Waals surface area contributed by atoms with Crippen LogP contribution >= 0.6 is 23.2 Å². The zero-order valence-corrected chi connectivity index (χ0v) is 21.1. The Morgan fingerprint density at radius 3 is 2.77 bits per heavy atom. The Kier molecular flexibility index (Phi) is 6.45. The average Bonchev–Trinajstić information content (AvgIpc) is 3.51. The van der Waals surface area contributed by atoms with Gasteiger partial charge in [0.05, 0.1) is 23.1 Å². The highest BCUT2D eigenvalue weighted by Gasteiger charge is 2.34. The van der Waals surface area contributed by atoms with Crippen molar-refractivity contribution in [2.24, 2.45) is 0 Å². The molecule has 2 aromatic heterocycles. The van der Waals surface area contributed by atoms with Gasteiger partial charge >= 0.3 is 0 Å². The maximum atomic E-state index is 13.1. The van der Waals surface area contributed by atoms with E-state index in [1.807, 2.05) is 35.9 Å². The lowest BCUT2D eigenvalue weighted by Crippen LogP contribution is -2.30. The Morgan fingerprint density at radius 1 is 1.23 bits per heavy atom. The van der Waals surface area contributed by atoms with Crippen LogP contribution in [0.1, 0.15) is 17.7 Å². The van der Waals surface area contributed by atoms with Gasteiger partial charge in [-0.15, -0.1) is 0 Å². The minimum absolute atomic E-state index is 0.00220. The molecule has 11 heteroatoms. The summed E-state index contributed by atoms with van der Waals surface area (Å²) >= 11 is 13.0. The molecule has 1 atom stereocenters. The molecule has 4 aromatic rings. The van der Waals surface area contributed by atoms with Crippen molar-refractivity contribution < 1.29 is 18.3 Å². The fourth-order valence-corrected chi connectivity index (χ4v) is 6.54. The molecule has 1 saturated heterocycles. The number of benzene rings is 2. The lowest BCUT2D eigenvalue weighted by atomic mass is 10.1. The number of β-amino-alcohol motifs (C(OH)–C–C–N with tert-alkyl or cyclic N) is 1. The lowest BCUT2D eigenvalue weighted by molar-refractivity contribution is 0.189. The third-order valence-corrected chi connectivity index (χ3v) is 8.76. The number of aliphatic hydroxyl groups is 1. The van der Waals surface area contributed by atoms with E-state index in [9.17, 15) is 13.5 Å². The molecular weight excluding hydrogens is 511 g/mol. The molecule has 3 heterocycles. The van der Waals surface area contributed by atoms with Gasteiger partial charge < -0.3 is 14.4 Å². The van der Waals surface area contributed by atoms with Gasteiger partial charge in [0.25, 0.3) is 0 Å². The predicted octanol–water partition coefficient (Wildman–Crippen LogP) is 4.37. The topological polar surface area (TPSA) is 97.6 Å². The zero-order chi connectivity index (χ0) is 24.7. The summed E-state index contributed by atoms with van der Waals surface area (Å²) < 4.78 is 35.5. The summed E-state index contributed by atoms with van der Waals surface area (Å²) in [5, 5.41) is 10.9. The molecule has 0 radical (unpaired) electrons. The number of para-hydroxylation sites is 1. The molecule has 0 aliphatic carbocycles. The molecule has 5 rings (SSSR count). The number of fused-ring (bicyclic) bond motifs is 1. The number of pyridine rings is 1. The van der Waals surface area contributed by atoms with Gasteiger partial charge in [0.1, 0.15) is 22.8 Å². The van der Waals surface area contributed by atoms with Crippen molar-refractivity contribution in [3.05, 3.63) is 76.4 Å². The van der Waals surface area contributed by atoms with Gasteiger partial charge in [0.15, 0.2) is 0 Å². The Hall–Kier alpha value is -2.69. The number of hydrogen-bond donors (Lipinski definition) is 1. The summed E-state index contributed by atoms with van der Waals surface area (Å²) in [6.45, 7) is 2.11. The number of nitrogens with zero attached hydrogens (tertiary/aromatic N) is 4. The highest BCUT2D eigenvalue weighted by Crippen LogP contribution is 2.36. The molecule has 1 aliphatic heterocycles. The van der Waals surface area contributed by atoms with Crippen molar-refractivity contribution in [1.29, 1.82) is 0 Å². The van der Waals surface area contributed by atoms with Gasteiger partial charge in [-0.3, -0.25) is 0 Å². The SMILES string of the molecule is Cc1cc(-n2ccnc2)c2cccc(OCc3c(Cl)ccc(S(=O)(=O)N4CC[C@H](O)C4)c3Cl)c2n1. The summed E-state index contributed by atoms with van der Waals surface area (Å²) in [6, 6.07) is 10.4. The van der Waals surface area contributed by atoms with Crippen LogP contribution in [0.2, 0.25) is 10.0 Å². The minimum atomic E-state index is -3.89. The average molecular weight is 533 g/mol. The van der Waals surface area contributed by atoms with Gasteiger partial charge in [-0.05, 0) is 37.6 Å². The second kappa shape index (κ2) is 9.40. The van der Waals surface area contributed by atoms with Crippen LogP contribution < -0.4 is 4.74 Å². The first-order valence-corrected chi connectivity index (χ1v) is 13.1. The normalized spacial score (nSPS) is 16.7. The number of aliphatic hydroxyl groups excluding tert-OH is 1. The fraction of sp³-hybridized carbons (Fsp3) is 0.250. The van der Waals surface area contributed by atoms with Crippen molar-refractivity contribution in [1.82, 2.24) is 18.8 Å². The van der Waals surface area contributed by atoms with E-state index in [1.54, 1.807) is 18.6 Å². The van der Waals surface area contributed by atoms with Crippen LogP contribution in [0, 0.1) is 6.92 Å². The lowest BCUT2D eigenvalue weighted by Gasteiger charge is -2.19. The maximum absolute atomic E-state index is 13.1. The Bertz CT molecular complexity index is 1510. The molecular formula is C24H22Cl2N4O4S. The van der Waals surface area contributed by atoms with E-state index in [0.717, 1.165) is 16.8 Å². The van der Waals surface area contributed by atoms with Crippen molar-refractivity contribution in [2.45, 2.75) is 31.0 Å². The number of aromatic nitrogens is 3. The van der Waals surface area contributed by atoms with E-state index in [4.69, 9.17) is 27.9 Å². The monoisotopic (exact) mass is 532 g/mol. The minimum Gasteiger partial charge on any atom is -0.487 e. The molecule has 182 valence electrons. The number of aryl methyl sites for hydroxylation is 1. The quantitative estimate of drug-likeness (QED) is 0.396. The number of ether oxygens (including phenoxy) is 1. The van der Waals surface area contributed by atoms with Crippen LogP contribution in [0.15, 0.2) is 60.0 Å². The fourth-order valence-electron chi connectivity index (χ4n) is 4.19. The van der Waals surface area contributed by atoms with Gasteiger partial charge in [-0.2, -0.15) is 4.31 Å². The molecule has 1 aliphatic rings. The van der Waals surface area contributed by atoms with Crippen molar-refractivity contribution in [3.8, 4) is 11.4 Å². The summed E-state index contributed by atoms with van der Waals surface area (Å²) in [5.41, 5.74) is 2.72. The summed E-state index contributed by atoms with van der Waals surface area (Å²) in [6.07, 6.45) is 4.97. The molecule has 1 fully saturated rings. The molecule has 8 nitrogen and oxygen atoms in total. The van der Waals surface area contributed by atoms with Crippen LogP contribution in [0.4, 0.5) is 0 Å². The molecule has 0 saturated carbocycles. The van der Waals surface area contributed by atoms with Gasteiger partial charge in [-0.25, -0.2) is 18.4 Å². The van der Waals surface area contributed by atoms with Crippen LogP contribution in [0.3, 0.4) is 0 Å². The first-order valence-electron chi connectivity index (χ1n) is 10.9. The Labute approximate surface area is 212 Å². The maximum Gasteiger partial charge on any atom is 0.244 e. The third kappa shape index (κ3) is 4.50. The molecule has 0 spiro atoms. The number of rotatable bonds is 6. The van der Waals surface area contributed by atoms with Crippen LogP contribution in [-0.4, -0.2) is 51.6 Å². The molecule has 35 heavy (non-hydrogen) atoms. The number of hydrogen-bond acceptors (Lipinski definition) is 6. The van der Waals surface area contributed by atoms with E-state index in [-0.39, 0.29) is 29.6 Å². The Morgan fingerprint density at radius 2 is 2.06 bits per heavy atom. The number of halogens is 2. The van der Waals surface area contributed by atoms with Crippen molar-refractivity contribution in [3.63, 3.8) is 0 Å². The summed E-state index contributed by atoms with van der Waals surface area (Å²) in [5.74, 6) is 0.510. The third-order valence-electron chi connectivity index (χ3n) is 5.96. The van der Waals surface area contributed by atoms with Gasteiger partial charge in [0, 0.05) is 47.1 Å². The highest BCUT2D eigenvalue weighted by molar-refractivity contribution is 7.89. The smallest absolute Gasteiger partial charge is 0.244 e. The van der Waals surface area contributed by atoms with Crippen molar-refractivity contribution in [2.75, 3.05) is 13.1 Å². The van der Waals surface area contributed by atoms with E-state index in [2.05, 4.69) is 9.97 Å². The first-order chi connectivity index (χ1) is 16.8. The predicted molar refractivity (Wildman–Crippen MR) is 134 cm³/mol.